The Morgan fingerprint density at radius 1 is 1.17 bits per heavy atom. The number of rotatable bonds is 3. The molecule has 2 rings (SSSR count). The number of nitrogens with zero attached hydrogens (tertiary/aromatic N) is 1. The normalized spacial score (nSPS) is 11.3. The van der Waals surface area contributed by atoms with Gasteiger partial charge in [-0.1, -0.05) is 11.6 Å². The molecule has 0 fully saturated rings. The number of aliphatic hydroxyl groups is 2. The first-order valence-corrected chi connectivity index (χ1v) is 7.73. The molecule has 0 saturated carbocycles. The van der Waals surface area contributed by atoms with Gasteiger partial charge in [-0.3, -0.25) is 4.79 Å². The van der Waals surface area contributed by atoms with E-state index in [9.17, 15) is 15.0 Å². The summed E-state index contributed by atoms with van der Waals surface area (Å²) in [5.74, 6) is -0.787. The molecular weight excluding hydrogens is 341 g/mol. The van der Waals surface area contributed by atoms with Crippen molar-refractivity contribution in [1.82, 2.24) is 0 Å². The van der Waals surface area contributed by atoms with Crippen molar-refractivity contribution < 1.29 is 25.2 Å². The van der Waals surface area contributed by atoms with Crippen LogP contribution >= 0.6 is 20.0 Å². The highest BCUT2D eigenvalue weighted by Crippen LogP contribution is 2.37. The van der Waals surface area contributed by atoms with Gasteiger partial charge in [-0.05, 0) is 48.4 Å². The number of aromatic hydroxyl groups is 2. The summed E-state index contributed by atoms with van der Waals surface area (Å²) in [6, 6.07) is 5.24. The third kappa shape index (κ3) is 4.06. The van der Waals surface area contributed by atoms with Crippen LogP contribution in [0.1, 0.15) is 15.9 Å². The van der Waals surface area contributed by atoms with Crippen molar-refractivity contribution in [2.45, 2.75) is 13.0 Å². The molecule has 0 unspecified atom stereocenters. The second-order valence-corrected chi connectivity index (χ2v) is 6.02. The highest BCUT2D eigenvalue weighted by atomic mass is 35.5. The standard InChI is InChI=1S/C15H13ClNO5P/c1-7-10(12-6-9(18)2-3-13(12)19)4-8(16)5-11(7)14(20)17-23-15(21)22/h2-6,15,18-19,21-22H,1H3. The lowest BCUT2D eigenvalue weighted by Gasteiger charge is -2.12. The second-order valence-electron chi connectivity index (χ2n) is 4.69. The van der Waals surface area contributed by atoms with Crippen LogP contribution in [0.25, 0.3) is 11.1 Å². The summed E-state index contributed by atoms with van der Waals surface area (Å²) in [6.07, 6.45) is 0. The molecule has 0 radical (unpaired) electrons. The summed E-state index contributed by atoms with van der Waals surface area (Å²) >= 11 is 6.03. The lowest BCUT2D eigenvalue weighted by atomic mass is 9.95. The first kappa shape index (κ1) is 17.4. The van der Waals surface area contributed by atoms with E-state index in [0.717, 1.165) is 0 Å². The van der Waals surface area contributed by atoms with Crippen LogP contribution in [-0.2, 0) is 0 Å². The van der Waals surface area contributed by atoms with Gasteiger partial charge in [-0.2, -0.15) is 4.74 Å². The van der Waals surface area contributed by atoms with E-state index in [1.165, 1.54) is 24.3 Å². The van der Waals surface area contributed by atoms with E-state index >= 15 is 0 Å². The zero-order valence-electron chi connectivity index (χ0n) is 11.9. The molecule has 0 aromatic heterocycles. The molecule has 0 aliphatic rings. The SMILES string of the molecule is Cc1c(C(=O)N=PC(O)O)cc(Cl)cc1-c1cc(O)ccc1O. The second kappa shape index (κ2) is 7.06. The average Bonchev–Trinajstić information content (AvgIpc) is 2.49. The van der Waals surface area contributed by atoms with Crippen LogP contribution in [0.2, 0.25) is 5.02 Å². The summed E-state index contributed by atoms with van der Waals surface area (Å²) in [5.41, 5.74) is 1.44. The third-order valence-corrected chi connectivity index (χ3v) is 3.85. The fourth-order valence-electron chi connectivity index (χ4n) is 2.08. The number of carbonyl (C=O) groups excluding carboxylic acids is 1. The topological polar surface area (TPSA) is 110 Å². The largest absolute Gasteiger partial charge is 0.508 e. The minimum atomic E-state index is -1.74. The Balaban J connectivity index is 2.59. The number of phenols is 2. The molecular formula is C15H13ClNO5P. The predicted octanol–water partition coefficient (Wildman–Crippen LogP) is 3.26. The smallest absolute Gasteiger partial charge is 0.281 e. The Hall–Kier alpha value is -1.98. The van der Waals surface area contributed by atoms with Crippen LogP contribution in [-0.4, -0.2) is 32.4 Å². The molecule has 0 atom stereocenters. The van der Waals surface area contributed by atoms with Crippen LogP contribution in [0.5, 0.6) is 11.5 Å². The summed E-state index contributed by atoms with van der Waals surface area (Å²) in [7, 11) is -0.195. The van der Waals surface area contributed by atoms with Crippen LogP contribution in [0.4, 0.5) is 0 Å². The fraction of sp³-hybridized carbons (Fsp3) is 0.133. The Labute approximate surface area is 138 Å². The summed E-state index contributed by atoms with van der Waals surface area (Å²) in [4.78, 5) is 12.1. The Kier molecular flexibility index (Phi) is 5.34. The number of halogens is 1. The quantitative estimate of drug-likeness (QED) is 0.384. The summed E-state index contributed by atoms with van der Waals surface area (Å²) < 4.78 is 3.53. The number of benzene rings is 2. The molecule has 0 spiro atoms. The molecule has 6 nitrogen and oxygen atoms in total. The Morgan fingerprint density at radius 3 is 2.52 bits per heavy atom. The van der Waals surface area contributed by atoms with Gasteiger partial charge in [-0.15, -0.1) is 0 Å². The van der Waals surface area contributed by atoms with Crippen molar-refractivity contribution in [3.8, 4) is 22.6 Å². The zero-order valence-corrected chi connectivity index (χ0v) is 13.6. The van der Waals surface area contributed by atoms with Gasteiger partial charge < -0.3 is 20.4 Å². The van der Waals surface area contributed by atoms with Crippen molar-refractivity contribution in [3.63, 3.8) is 0 Å². The molecule has 8 heteroatoms. The third-order valence-electron chi connectivity index (χ3n) is 3.13. The van der Waals surface area contributed by atoms with Gasteiger partial charge in [0.15, 0.2) is 0 Å². The fourth-order valence-corrected chi connectivity index (χ4v) is 2.61. The van der Waals surface area contributed by atoms with E-state index in [2.05, 4.69) is 4.74 Å². The summed E-state index contributed by atoms with van der Waals surface area (Å²) in [5, 5.41) is 37.4. The van der Waals surface area contributed by atoms with E-state index < -0.39 is 11.9 Å². The molecule has 4 N–H and O–H groups in total. The van der Waals surface area contributed by atoms with Crippen molar-refractivity contribution >= 4 is 25.9 Å². The molecule has 2 aromatic carbocycles. The maximum Gasteiger partial charge on any atom is 0.281 e. The van der Waals surface area contributed by atoms with Crippen molar-refractivity contribution in [1.29, 1.82) is 0 Å². The number of hydrogen-bond acceptors (Lipinski definition) is 5. The van der Waals surface area contributed by atoms with E-state index in [-0.39, 0.29) is 30.5 Å². The zero-order chi connectivity index (χ0) is 17.1. The number of aliphatic hydroxyl groups excluding tert-OH is 1. The maximum atomic E-state index is 12.1. The maximum absolute atomic E-state index is 12.1. The molecule has 0 bridgehead atoms. The first-order chi connectivity index (χ1) is 10.8. The molecule has 0 aliphatic carbocycles. The van der Waals surface area contributed by atoms with Crippen molar-refractivity contribution in [2.24, 2.45) is 4.74 Å². The van der Waals surface area contributed by atoms with Crippen LogP contribution < -0.4 is 0 Å². The van der Waals surface area contributed by atoms with Gasteiger partial charge in [-0.25, -0.2) is 0 Å². The van der Waals surface area contributed by atoms with Gasteiger partial charge in [0.1, 0.15) is 11.5 Å². The summed E-state index contributed by atoms with van der Waals surface area (Å²) in [6.45, 7) is 1.64. The number of carbonyl (C=O) groups is 1. The van der Waals surface area contributed by atoms with Crippen molar-refractivity contribution in [3.05, 3.63) is 46.5 Å². The molecule has 120 valence electrons. The predicted molar refractivity (Wildman–Crippen MR) is 86.9 cm³/mol. The lowest BCUT2D eigenvalue weighted by molar-refractivity contribution is 0.0380. The average molecular weight is 354 g/mol. The Morgan fingerprint density at radius 2 is 1.87 bits per heavy atom. The number of hydrogen-bond donors (Lipinski definition) is 4. The molecule has 0 aliphatic heterocycles. The molecule has 23 heavy (non-hydrogen) atoms. The number of amides is 1. The van der Waals surface area contributed by atoms with Gasteiger partial charge in [0.05, 0.1) is 8.37 Å². The van der Waals surface area contributed by atoms with E-state index in [0.29, 0.717) is 16.7 Å². The highest BCUT2D eigenvalue weighted by Gasteiger charge is 2.16. The van der Waals surface area contributed by atoms with Crippen LogP contribution in [0, 0.1) is 6.92 Å². The molecule has 0 saturated heterocycles. The molecule has 0 heterocycles. The first-order valence-electron chi connectivity index (χ1n) is 6.43. The molecule has 1 amide bonds. The van der Waals surface area contributed by atoms with Crippen molar-refractivity contribution in [2.75, 3.05) is 0 Å². The van der Waals surface area contributed by atoms with Gasteiger partial charge >= 0.3 is 0 Å². The molecule has 2 aromatic rings. The van der Waals surface area contributed by atoms with E-state index in [1.54, 1.807) is 13.0 Å². The van der Waals surface area contributed by atoms with Gasteiger partial charge in [0, 0.05) is 16.1 Å². The monoisotopic (exact) mass is 353 g/mol. The Bertz CT molecular complexity index is 792. The van der Waals surface area contributed by atoms with Gasteiger partial charge in [0.25, 0.3) is 5.91 Å². The minimum Gasteiger partial charge on any atom is -0.508 e. The van der Waals surface area contributed by atoms with Gasteiger partial charge in [0.2, 0.25) is 6.03 Å². The minimum absolute atomic E-state index is 0.0448. The lowest BCUT2D eigenvalue weighted by Crippen LogP contribution is -2.00. The van der Waals surface area contributed by atoms with E-state index in [4.69, 9.17) is 21.8 Å². The van der Waals surface area contributed by atoms with Crippen LogP contribution in [0.15, 0.2) is 35.1 Å². The van der Waals surface area contributed by atoms with Crippen LogP contribution in [0.3, 0.4) is 0 Å². The number of phenolic OH excluding ortho intramolecular Hbond substituents is 2. The highest BCUT2D eigenvalue weighted by molar-refractivity contribution is 7.27. The van der Waals surface area contributed by atoms with E-state index in [1.807, 2.05) is 0 Å².